The first-order chi connectivity index (χ1) is 13.4. The predicted molar refractivity (Wildman–Crippen MR) is 102 cm³/mol. The first-order valence-corrected chi connectivity index (χ1v) is 8.61. The molecule has 138 valence electrons. The number of hydrogen-bond donors (Lipinski definition) is 1. The van der Waals surface area contributed by atoms with E-state index in [1.165, 1.54) is 26.1 Å². The number of nitrogens with zero attached hydrogens (tertiary/aromatic N) is 5. The summed E-state index contributed by atoms with van der Waals surface area (Å²) in [5, 5.41) is 19.1. The summed E-state index contributed by atoms with van der Waals surface area (Å²) in [7, 11) is 0. The first-order valence-electron chi connectivity index (χ1n) is 8.61. The van der Waals surface area contributed by atoms with Crippen molar-refractivity contribution < 1.29 is 9.50 Å². The molecular formula is C21H16FN5O. The number of benzene rings is 1. The standard InChI is InChI=1S/C21H16FN5O/c1-21(2,28)15-8-10-27-17(12-25-20(27)18(15)22)16-7-9-24-19(26-16)14-5-3-13(11-23)4-6-14/h3-10,12,28H,1-2H3. The second-order valence-electron chi connectivity index (χ2n) is 6.89. The first kappa shape index (κ1) is 17.8. The van der Waals surface area contributed by atoms with Crippen molar-refractivity contribution in [2.45, 2.75) is 19.4 Å². The van der Waals surface area contributed by atoms with E-state index in [0.717, 1.165) is 5.56 Å². The van der Waals surface area contributed by atoms with E-state index in [9.17, 15) is 9.50 Å². The Bertz CT molecular complexity index is 1220. The normalized spacial score (nSPS) is 11.5. The van der Waals surface area contributed by atoms with E-state index in [-0.39, 0.29) is 11.2 Å². The van der Waals surface area contributed by atoms with Crippen molar-refractivity contribution in [3.8, 4) is 28.8 Å². The Balaban J connectivity index is 1.80. The Morgan fingerprint density at radius 3 is 2.54 bits per heavy atom. The summed E-state index contributed by atoms with van der Waals surface area (Å²) in [5.41, 5.74) is 1.50. The number of pyridine rings is 1. The molecule has 0 saturated heterocycles. The Kier molecular flexibility index (Phi) is 4.13. The van der Waals surface area contributed by atoms with Crippen LogP contribution >= 0.6 is 0 Å². The number of aliphatic hydroxyl groups is 1. The van der Waals surface area contributed by atoms with Crippen LogP contribution in [0.3, 0.4) is 0 Å². The summed E-state index contributed by atoms with van der Waals surface area (Å²) in [6, 6.07) is 12.3. The average molecular weight is 373 g/mol. The molecular weight excluding hydrogens is 357 g/mol. The number of halogens is 1. The van der Waals surface area contributed by atoms with Crippen molar-refractivity contribution in [1.29, 1.82) is 5.26 Å². The van der Waals surface area contributed by atoms with Gasteiger partial charge in [-0.2, -0.15) is 5.26 Å². The van der Waals surface area contributed by atoms with E-state index >= 15 is 0 Å². The molecule has 0 spiro atoms. The number of fused-ring (bicyclic) bond motifs is 1. The van der Waals surface area contributed by atoms with E-state index < -0.39 is 11.4 Å². The molecule has 3 heterocycles. The van der Waals surface area contributed by atoms with Gasteiger partial charge in [-0.15, -0.1) is 0 Å². The largest absolute Gasteiger partial charge is 0.386 e. The maximum atomic E-state index is 14.8. The summed E-state index contributed by atoms with van der Waals surface area (Å²) in [6.07, 6.45) is 4.83. The summed E-state index contributed by atoms with van der Waals surface area (Å²) >= 11 is 0. The number of aromatic nitrogens is 4. The Morgan fingerprint density at radius 2 is 1.86 bits per heavy atom. The minimum absolute atomic E-state index is 0.119. The van der Waals surface area contributed by atoms with Crippen molar-refractivity contribution in [1.82, 2.24) is 19.4 Å². The fourth-order valence-electron chi connectivity index (χ4n) is 3.01. The minimum Gasteiger partial charge on any atom is -0.386 e. The zero-order valence-electron chi connectivity index (χ0n) is 15.3. The molecule has 0 fully saturated rings. The zero-order valence-corrected chi connectivity index (χ0v) is 15.3. The molecule has 6 nitrogen and oxygen atoms in total. The molecule has 0 amide bonds. The fourth-order valence-corrected chi connectivity index (χ4v) is 3.01. The van der Waals surface area contributed by atoms with Crippen molar-refractivity contribution >= 4 is 5.65 Å². The molecule has 0 unspecified atom stereocenters. The lowest BCUT2D eigenvalue weighted by Gasteiger charge is -2.18. The number of nitriles is 1. The maximum Gasteiger partial charge on any atom is 0.174 e. The molecule has 0 radical (unpaired) electrons. The molecule has 3 aromatic heterocycles. The number of rotatable bonds is 3. The monoisotopic (exact) mass is 373 g/mol. The summed E-state index contributed by atoms with van der Waals surface area (Å²) in [6.45, 7) is 3.06. The molecule has 0 saturated carbocycles. The SMILES string of the molecule is CC(C)(O)c1ccn2c(-c3ccnc(-c4ccc(C#N)cc4)n3)cnc2c1F. The van der Waals surface area contributed by atoms with Crippen molar-refractivity contribution in [3.63, 3.8) is 0 Å². The molecule has 1 aromatic carbocycles. The van der Waals surface area contributed by atoms with Crippen LogP contribution in [0, 0.1) is 17.1 Å². The van der Waals surface area contributed by atoms with Gasteiger partial charge in [-0.25, -0.2) is 19.3 Å². The highest BCUT2D eigenvalue weighted by atomic mass is 19.1. The van der Waals surface area contributed by atoms with E-state index in [1.807, 2.05) is 0 Å². The average Bonchev–Trinajstić information content (AvgIpc) is 3.12. The van der Waals surface area contributed by atoms with Crippen molar-refractivity contribution in [3.05, 3.63) is 71.9 Å². The highest BCUT2D eigenvalue weighted by Crippen LogP contribution is 2.28. The molecule has 1 N–H and O–H groups in total. The molecule has 0 bridgehead atoms. The van der Waals surface area contributed by atoms with Crippen LogP contribution in [0.25, 0.3) is 28.4 Å². The van der Waals surface area contributed by atoms with Gasteiger partial charge in [0.05, 0.1) is 34.8 Å². The van der Waals surface area contributed by atoms with Crippen LogP contribution in [0.4, 0.5) is 4.39 Å². The lowest BCUT2D eigenvalue weighted by molar-refractivity contribution is 0.0746. The second-order valence-corrected chi connectivity index (χ2v) is 6.89. The topological polar surface area (TPSA) is 87.1 Å². The van der Waals surface area contributed by atoms with Crippen LogP contribution in [0.5, 0.6) is 0 Å². The molecule has 0 aliphatic heterocycles. The molecule has 28 heavy (non-hydrogen) atoms. The molecule has 0 aliphatic rings. The maximum absolute atomic E-state index is 14.8. The Hall–Kier alpha value is -3.63. The van der Waals surface area contributed by atoms with E-state index in [2.05, 4.69) is 21.0 Å². The van der Waals surface area contributed by atoms with Crippen molar-refractivity contribution in [2.24, 2.45) is 0 Å². The molecule has 0 aliphatic carbocycles. The molecule has 0 atom stereocenters. The zero-order chi connectivity index (χ0) is 19.9. The van der Waals surface area contributed by atoms with E-state index in [4.69, 9.17) is 5.26 Å². The Morgan fingerprint density at radius 1 is 1.11 bits per heavy atom. The van der Waals surface area contributed by atoms with Gasteiger partial charge in [0.1, 0.15) is 0 Å². The number of hydrogen-bond acceptors (Lipinski definition) is 5. The number of imidazole rings is 1. The quantitative estimate of drug-likeness (QED) is 0.592. The van der Waals surface area contributed by atoms with Gasteiger partial charge in [0.25, 0.3) is 0 Å². The van der Waals surface area contributed by atoms with Gasteiger partial charge in [0.2, 0.25) is 0 Å². The summed E-state index contributed by atoms with van der Waals surface area (Å²) < 4.78 is 16.4. The molecule has 4 aromatic rings. The highest BCUT2D eigenvalue weighted by molar-refractivity contribution is 5.64. The third kappa shape index (κ3) is 3.00. The van der Waals surface area contributed by atoms with Gasteiger partial charge in [-0.1, -0.05) is 0 Å². The third-order valence-electron chi connectivity index (χ3n) is 4.47. The van der Waals surface area contributed by atoms with Crippen LogP contribution in [0.2, 0.25) is 0 Å². The molecule has 4 rings (SSSR count). The van der Waals surface area contributed by atoms with Gasteiger partial charge in [0, 0.05) is 23.5 Å². The van der Waals surface area contributed by atoms with Crippen molar-refractivity contribution in [2.75, 3.05) is 0 Å². The lowest BCUT2D eigenvalue weighted by atomic mass is 9.99. The van der Waals surface area contributed by atoms with Gasteiger partial charge in [0.15, 0.2) is 17.3 Å². The van der Waals surface area contributed by atoms with Gasteiger partial charge in [-0.05, 0) is 50.2 Å². The molecule has 7 heteroatoms. The fraction of sp³-hybridized carbons (Fsp3) is 0.143. The van der Waals surface area contributed by atoms with E-state index in [1.54, 1.807) is 47.1 Å². The predicted octanol–water partition coefficient (Wildman–Crippen LogP) is 3.70. The van der Waals surface area contributed by atoms with Crippen LogP contribution in [0.15, 0.2) is 55.0 Å². The highest BCUT2D eigenvalue weighted by Gasteiger charge is 2.24. The van der Waals surface area contributed by atoms with Gasteiger partial charge in [-0.3, -0.25) is 4.40 Å². The van der Waals surface area contributed by atoms with Crippen LogP contribution in [-0.2, 0) is 5.60 Å². The van der Waals surface area contributed by atoms with Crippen LogP contribution < -0.4 is 0 Å². The van der Waals surface area contributed by atoms with Crippen LogP contribution in [0.1, 0.15) is 25.0 Å². The third-order valence-corrected chi connectivity index (χ3v) is 4.47. The van der Waals surface area contributed by atoms with E-state index in [0.29, 0.717) is 22.8 Å². The minimum atomic E-state index is -1.31. The van der Waals surface area contributed by atoms with Gasteiger partial charge < -0.3 is 5.11 Å². The summed E-state index contributed by atoms with van der Waals surface area (Å²) in [5.74, 6) is -0.0758. The second kappa shape index (κ2) is 6.51. The lowest BCUT2D eigenvalue weighted by Crippen LogP contribution is -2.18. The summed E-state index contributed by atoms with van der Waals surface area (Å²) in [4.78, 5) is 13.0. The Labute approximate surface area is 160 Å². The van der Waals surface area contributed by atoms with Gasteiger partial charge >= 0.3 is 0 Å². The smallest absolute Gasteiger partial charge is 0.174 e. The van der Waals surface area contributed by atoms with Crippen LogP contribution in [-0.4, -0.2) is 24.5 Å².